The van der Waals surface area contributed by atoms with Gasteiger partial charge in [0.2, 0.25) is 0 Å². The molecule has 7 nitrogen and oxygen atoms in total. The predicted molar refractivity (Wildman–Crippen MR) is 148 cm³/mol. The van der Waals surface area contributed by atoms with Crippen molar-refractivity contribution in [2.45, 2.75) is 65.5 Å². The summed E-state index contributed by atoms with van der Waals surface area (Å²) >= 11 is 0. The number of aliphatic hydroxyl groups excluding tert-OH is 1. The topological polar surface area (TPSA) is 79.3 Å². The molecule has 2 heterocycles. The molecule has 1 fully saturated rings. The molecule has 38 heavy (non-hydrogen) atoms. The number of hydrogen-bond acceptors (Lipinski definition) is 6. The first-order valence-corrected chi connectivity index (χ1v) is 13.9. The van der Waals surface area contributed by atoms with Crippen LogP contribution in [0.5, 0.6) is 11.5 Å². The van der Waals surface area contributed by atoms with Gasteiger partial charge >= 0.3 is 0 Å². The minimum absolute atomic E-state index is 0.0641. The van der Waals surface area contributed by atoms with E-state index in [1.165, 1.54) is 0 Å². The van der Waals surface area contributed by atoms with Crippen molar-refractivity contribution in [3.63, 3.8) is 0 Å². The SMILES string of the molecule is CCCCOc1cccc([C@H]2/C(=C(\O)c3ccc4c(c3)C[C@@H](C)O4)C(=O)C(=O)N2CCCN(CC)CC)c1. The summed E-state index contributed by atoms with van der Waals surface area (Å²) in [5.74, 6) is 0.0938. The highest BCUT2D eigenvalue weighted by Crippen LogP contribution is 2.41. The fraction of sp³-hybridized carbons (Fsp3) is 0.484. The molecule has 0 unspecified atom stereocenters. The van der Waals surface area contributed by atoms with Crippen LogP contribution in [0.15, 0.2) is 48.0 Å². The number of hydrogen-bond donors (Lipinski definition) is 1. The molecule has 0 saturated carbocycles. The summed E-state index contributed by atoms with van der Waals surface area (Å²) in [6.07, 6.45) is 3.49. The number of nitrogens with zero attached hydrogens (tertiary/aromatic N) is 2. The maximum atomic E-state index is 13.4. The maximum Gasteiger partial charge on any atom is 0.295 e. The minimum atomic E-state index is -0.690. The van der Waals surface area contributed by atoms with Crippen molar-refractivity contribution in [1.29, 1.82) is 0 Å². The van der Waals surface area contributed by atoms with Crippen molar-refractivity contribution in [2.24, 2.45) is 0 Å². The summed E-state index contributed by atoms with van der Waals surface area (Å²) in [6, 6.07) is 12.3. The molecule has 204 valence electrons. The second-order valence-electron chi connectivity index (χ2n) is 10.1. The van der Waals surface area contributed by atoms with Crippen LogP contribution in [0, 0.1) is 0 Å². The fourth-order valence-electron chi connectivity index (χ4n) is 5.30. The Hall–Kier alpha value is -3.32. The zero-order valence-corrected chi connectivity index (χ0v) is 23.0. The summed E-state index contributed by atoms with van der Waals surface area (Å²) in [5.41, 5.74) is 2.37. The highest BCUT2D eigenvalue weighted by Gasteiger charge is 2.46. The first kappa shape index (κ1) is 27.7. The predicted octanol–water partition coefficient (Wildman–Crippen LogP) is 5.34. The van der Waals surface area contributed by atoms with Gasteiger partial charge in [-0.25, -0.2) is 0 Å². The van der Waals surface area contributed by atoms with E-state index in [0.717, 1.165) is 62.2 Å². The zero-order valence-electron chi connectivity index (χ0n) is 23.0. The van der Waals surface area contributed by atoms with Gasteiger partial charge in [0.25, 0.3) is 11.7 Å². The lowest BCUT2D eigenvalue weighted by atomic mass is 9.94. The van der Waals surface area contributed by atoms with E-state index >= 15 is 0 Å². The first-order valence-electron chi connectivity index (χ1n) is 13.9. The number of rotatable bonds is 12. The van der Waals surface area contributed by atoms with Crippen LogP contribution in [-0.2, 0) is 16.0 Å². The number of Topliss-reactive ketones (excluding diaryl/α,β-unsaturated/α-hetero) is 1. The van der Waals surface area contributed by atoms with Gasteiger partial charge in [-0.2, -0.15) is 0 Å². The lowest BCUT2D eigenvalue weighted by molar-refractivity contribution is -0.140. The highest BCUT2D eigenvalue weighted by molar-refractivity contribution is 6.46. The summed E-state index contributed by atoms with van der Waals surface area (Å²) in [6.45, 7) is 12.0. The second-order valence-corrected chi connectivity index (χ2v) is 10.1. The number of likely N-dealkylation sites (tertiary alicyclic amines) is 1. The van der Waals surface area contributed by atoms with Gasteiger partial charge in [0.15, 0.2) is 0 Å². The van der Waals surface area contributed by atoms with E-state index in [9.17, 15) is 14.7 Å². The Morgan fingerprint density at radius 2 is 1.89 bits per heavy atom. The average molecular weight is 521 g/mol. The van der Waals surface area contributed by atoms with E-state index in [4.69, 9.17) is 9.47 Å². The molecule has 2 aliphatic rings. The molecule has 0 radical (unpaired) electrons. The zero-order chi connectivity index (χ0) is 27.2. The number of carbonyl (C=O) groups is 2. The van der Waals surface area contributed by atoms with Crippen molar-refractivity contribution in [3.8, 4) is 11.5 Å². The van der Waals surface area contributed by atoms with Crippen molar-refractivity contribution in [3.05, 3.63) is 64.7 Å². The minimum Gasteiger partial charge on any atom is -0.507 e. The van der Waals surface area contributed by atoms with Crippen LogP contribution in [0.1, 0.15) is 69.7 Å². The lowest BCUT2D eigenvalue weighted by Crippen LogP contribution is -2.33. The molecule has 2 atom stereocenters. The van der Waals surface area contributed by atoms with Crippen molar-refractivity contribution >= 4 is 17.4 Å². The summed E-state index contributed by atoms with van der Waals surface area (Å²) in [4.78, 5) is 30.7. The molecule has 2 aromatic rings. The van der Waals surface area contributed by atoms with Crippen LogP contribution in [-0.4, -0.2) is 65.5 Å². The Bertz CT molecular complexity index is 1190. The van der Waals surface area contributed by atoms with Crippen LogP contribution < -0.4 is 9.47 Å². The van der Waals surface area contributed by atoms with Gasteiger partial charge in [0.1, 0.15) is 23.4 Å². The molecule has 0 aromatic heterocycles. The molecule has 4 rings (SSSR count). The van der Waals surface area contributed by atoms with Crippen molar-refractivity contribution in [1.82, 2.24) is 9.80 Å². The van der Waals surface area contributed by atoms with E-state index in [1.54, 1.807) is 11.0 Å². The average Bonchev–Trinajstić information content (AvgIpc) is 3.42. The van der Waals surface area contributed by atoms with E-state index in [-0.39, 0.29) is 17.4 Å². The molecule has 7 heteroatoms. The second kappa shape index (κ2) is 12.5. The van der Waals surface area contributed by atoms with Gasteiger partial charge in [0, 0.05) is 18.5 Å². The Balaban J connectivity index is 1.72. The van der Waals surface area contributed by atoms with Crippen molar-refractivity contribution < 1.29 is 24.2 Å². The lowest BCUT2D eigenvalue weighted by Gasteiger charge is -2.27. The molecule has 2 aromatic carbocycles. The molecular formula is C31H40N2O5. The maximum absolute atomic E-state index is 13.4. The van der Waals surface area contributed by atoms with E-state index < -0.39 is 17.7 Å². The smallest absolute Gasteiger partial charge is 0.295 e. The van der Waals surface area contributed by atoms with Gasteiger partial charge in [0.05, 0.1) is 18.2 Å². The number of ether oxygens (including phenoxy) is 2. The summed E-state index contributed by atoms with van der Waals surface area (Å²) in [7, 11) is 0. The van der Waals surface area contributed by atoms with E-state index in [2.05, 4.69) is 25.7 Å². The Morgan fingerprint density at radius 3 is 2.63 bits per heavy atom. The quantitative estimate of drug-likeness (QED) is 0.176. The number of aliphatic hydroxyl groups is 1. The molecule has 0 bridgehead atoms. The van der Waals surface area contributed by atoms with Gasteiger partial charge in [-0.05, 0) is 80.9 Å². The molecule has 0 spiro atoms. The molecule has 0 aliphatic carbocycles. The van der Waals surface area contributed by atoms with Gasteiger partial charge in [-0.3, -0.25) is 9.59 Å². The Labute approximate surface area is 226 Å². The van der Waals surface area contributed by atoms with Gasteiger partial charge in [-0.15, -0.1) is 0 Å². The number of benzene rings is 2. The van der Waals surface area contributed by atoms with Crippen LogP contribution in [0.3, 0.4) is 0 Å². The Kier molecular flexibility index (Phi) is 9.10. The van der Waals surface area contributed by atoms with Crippen molar-refractivity contribution in [2.75, 3.05) is 32.8 Å². The monoisotopic (exact) mass is 520 g/mol. The first-order chi connectivity index (χ1) is 18.4. The molecule has 1 N–H and O–H groups in total. The highest BCUT2D eigenvalue weighted by atomic mass is 16.5. The number of unbranched alkanes of at least 4 members (excludes halogenated alkanes) is 1. The molecule has 2 aliphatic heterocycles. The van der Waals surface area contributed by atoms with Gasteiger partial charge in [-0.1, -0.05) is 39.3 Å². The Morgan fingerprint density at radius 1 is 1.11 bits per heavy atom. The normalized spacial score (nSPS) is 20.2. The van der Waals surface area contributed by atoms with Crippen LogP contribution in [0.25, 0.3) is 5.76 Å². The van der Waals surface area contributed by atoms with Gasteiger partial charge < -0.3 is 24.4 Å². The number of carbonyl (C=O) groups excluding carboxylic acids is 2. The third-order valence-corrected chi connectivity index (χ3v) is 7.42. The largest absolute Gasteiger partial charge is 0.507 e. The summed E-state index contributed by atoms with van der Waals surface area (Å²) < 4.78 is 11.7. The van der Waals surface area contributed by atoms with Crippen LogP contribution in [0.4, 0.5) is 0 Å². The summed E-state index contributed by atoms with van der Waals surface area (Å²) in [5, 5.41) is 11.5. The molecular weight excluding hydrogens is 480 g/mol. The number of fused-ring (bicyclic) bond motifs is 1. The van der Waals surface area contributed by atoms with E-state index in [1.807, 2.05) is 43.3 Å². The molecule has 1 amide bonds. The third-order valence-electron chi connectivity index (χ3n) is 7.42. The van der Waals surface area contributed by atoms with E-state index in [0.29, 0.717) is 24.5 Å². The van der Waals surface area contributed by atoms with Crippen LogP contribution in [0.2, 0.25) is 0 Å². The number of ketones is 1. The fourth-order valence-corrected chi connectivity index (χ4v) is 5.30. The molecule has 1 saturated heterocycles. The van der Waals surface area contributed by atoms with Crippen LogP contribution >= 0.6 is 0 Å². The third kappa shape index (κ3) is 5.88. The standard InChI is InChI=1S/C31H40N2O5/c1-5-8-17-37-25-12-9-11-22(20-25)28-27(29(34)23-13-14-26-24(19-23)18-21(4)38-26)30(35)31(36)33(28)16-10-15-32(6-2)7-3/h9,11-14,19-21,28,34H,5-8,10,15-18H2,1-4H3/b29-27+/t21-,28+/m1/s1. The number of amides is 1.